The molecule has 0 amide bonds. The third-order valence-electron chi connectivity index (χ3n) is 10.7. The maximum atomic E-state index is 12.8. The van der Waals surface area contributed by atoms with Gasteiger partial charge in [-0.25, -0.2) is 0 Å². The fourth-order valence-corrected chi connectivity index (χ4v) is 6.78. The zero-order valence-electron chi connectivity index (χ0n) is 42.4. The Morgan fingerprint density at radius 2 is 0.636 bits per heavy atom. The van der Waals surface area contributed by atoms with Crippen molar-refractivity contribution in [2.24, 2.45) is 0 Å². The van der Waals surface area contributed by atoms with E-state index in [0.29, 0.717) is 12.8 Å². The van der Waals surface area contributed by atoms with Gasteiger partial charge in [-0.2, -0.15) is 0 Å². The molecule has 0 N–H and O–H groups in total. The predicted octanol–water partition coefficient (Wildman–Crippen LogP) is 17.7. The van der Waals surface area contributed by atoms with E-state index in [4.69, 9.17) is 14.2 Å². The van der Waals surface area contributed by atoms with E-state index in [1.165, 1.54) is 70.6 Å². The number of carbonyl (C=O) groups excluding carboxylic acids is 3. The normalized spacial score (nSPS) is 13.1. The van der Waals surface area contributed by atoms with Crippen LogP contribution in [0.15, 0.2) is 122 Å². The van der Waals surface area contributed by atoms with Gasteiger partial charge in [-0.3, -0.25) is 14.4 Å². The van der Waals surface area contributed by atoms with Gasteiger partial charge in [0.15, 0.2) is 6.10 Å². The zero-order valence-corrected chi connectivity index (χ0v) is 42.4. The standard InChI is InChI=1S/C60H96O6/c1-4-7-10-13-16-19-22-24-26-28-30-32-33-35-38-41-44-47-50-53-59(62)65-56-57(55-64-58(61)52-49-46-43-40-37-21-18-15-12-9-6-3)66-60(63)54-51-48-45-42-39-36-34-31-29-27-25-23-20-17-14-11-8-5-2/h7,9-10,12,16,18-19,21,24,26,30-32,34-35,38,40,43-44,47,57H,4-6,8,11,13-15,17,20,22-23,25,27-29,33,36-37,39,41-42,45-46,48-56H2,1-3H3/b10-7-,12-9-,19-16-,21-18-,26-24-,32-30-,34-31-,38-35-,43-40-,47-44-. The minimum absolute atomic E-state index is 0.134. The van der Waals surface area contributed by atoms with Crippen molar-refractivity contribution in [1.29, 1.82) is 0 Å². The summed E-state index contributed by atoms with van der Waals surface area (Å²) in [6.45, 7) is 6.27. The van der Waals surface area contributed by atoms with E-state index >= 15 is 0 Å². The van der Waals surface area contributed by atoms with Crippen LogP contribution in [-0.2, 0) is 28.6 Å². The van der Waals surface area contributed by atoms with E-state index in [0.717, 1.165) is 96.3 Å². The van der Waals surface area contributed by atoms with Gasteiger partial charge in [-0.05, 0) is 109 Å². The number of rotatable bonds is 46. The molecule has 0 bridgehead atoms. The van der Waals surface area contributed by atoms with Crippen LogP contribution in [0, 0.1) is 0 Å². The maximum Gasteiger partial charge on any atom is 0.306 e. The highest BCUT2D eigenvalue weighted by Gasteiger charge is 2.19. The molecule has 0 aromatic heterocycles. The molecule has 6 nitrogen and oxygen atoms in total. The average Bonchev–Trinajstić information content (AvgIpc) is 3.31. The molecule has 0 aromatic rings. The van der Waals surface area contributed by atoms with E-state index in [1.807, 2.05) is 12.2 Å². The van der Waals surface area contributed by atoms with Crippen molar-refractivity contribution in [3.63, 3.8) is 0 Å². The molecule has 372 valence electrons. The molecule has 0 rings (SSSR count). The Morgan fingerprint density at radius 1 is 0.318 bits per heavy atom. The van der Waals surface area contributed by atoms with Crippen molar-refractivity contribution in [1.82, 2.24) is 0 Å². The van der Waals surface area contributed by atoms with Gasteiger partial charge in [0.25, 0.3) is 0 Å². The molecule has 0 spiro atoms. The summed E-state index contributed by atoms with van der Waals surface area (Å²) in [6, 6.07) is 0. The lowest BCUT2D eigenvalue weighted by molar-refractivity contribution is -0.166. The molecule has 0 saturated heterocycles. The van der Waals surface area contributed by atoms with Crippen molar-refractivity contribution >= 4 is 17.9 Å². The fourth-order valence-electron chi connectivity index (χ4n) is 6.78. The predicted molar refractivity (Wildman–Crippen MR) is 283 cm³/mol. The Labute approximate surface area is 405 Å². The lowest BCUT2D eigenvalue weighted by Gasteiger charge is -2.18. The highest BCUT2D eigenvalue weighted by molar-refractivity contribution is 5.71. The third-order valence-corrected chi connectivity index (χ3v) is 10.7. The van der Waals surface area contributed by atoms with Crippen LogP contribution in [0.5, 0.6) is 0 Å². The Bertz CT molecular complexity index is 1420. The number of carbonyl (C=O) groups is 3. The number of hydrogen-bond acceptors (Lipinski definition) is 6. The van der Waals surface area contributed by atoms with Crippen LogP contribution in [0.2, 0.25) is 0 Å². The molecule has 0 aromatic carbocycles. The molecule has 1 unspecified atom stereocenters. The molecule has 0 aliphatic heterocycles. The number of ether oxygens (including phenoxy) is 3. The monoisotopic (exact) mass is 913 g/mol. The van der Waals surface area contributed by atoms with Gasteiger partial charge in [0.1, 0.15) is 13.2 Å². The highest BCUT2D eigenvalue weighted by Crippen LogP contribution is 2.13. The quantitative estimate of drug-likeness (QED) is 0.0262. The second-order valence-corrected chi connectivity index (χ2v) is 17.0. The van der Waals surface area contributed by atoms with Gasteiger partial charge in [0.05, 0.1) is 0 Å². The first kappa shape index (κ1) is 61.8. The van der Waals surface area contributed by atoms with E-state index in [2.05, 4.69) is 130 Å². The summed E-state index contributed by atoms with van der Waals surface area (Å²) in [7, 11) is 0. The van der Waals surface area contributed by atoms with Gasteiger partial charge >= 0.3 is 17.9 Å². The lowest BCUT2D eigenvalue weighted by atomic mass is 10.1. The zero-order chi connectivity index (χ0) is 47.9. The van der Waals surface area contributed by atoms with Crippen molar-refractivity contribution < 1.29 is 28.6 Å². The molecule has 0 saturated carbocycles. The van der Waals surface area contributed by atoms with E-state index < -0.39 is 6.10 Å². The largest absolute Gasteiger partial charge is 0.462 e. The molecule has 0 heterocycles. The Morgan fingerprint density at radius 3 is 1.08 bits per heavy atom. The first-order valence-corrected chi connectivity index (χ1v) is 26.5. The van der Waals surface area contributed by atoms with Crippen LogP contribution in [-0.4, -0.2) is 37.2 Å². The lowest BCUT2D eigenvalue weighted by Crippen LogP contribution is -2.30. The van der Waals surface area contributed by atoms with E-state index in [9.17, 15) is 14.4 Å². The van der Waals surface area contributed by atoms with Crippen LogP contribution in [0.25, 0.3) is 0 Å². The fraction of sp³-hybridized carbons (Fsp3) is 0.617. The van der Waals surface area contributed by atoms with Crippen LogP contribution in [0.3, 0.4) is 0 Å². The molecule has 0 fully saturated rings. The third kappa shape index (κ3) is 50.8. The molecule has 0 aliphatic rings. The number of unbranched alkanes of at least 4 members (excludes halogenated alkanes) is 15. The summed E-state index contributed by atoms with van der Waals surface area (Å²) in [5, 5.41) is 0. The smallest absolute Gasteiger partial charge is 0.306 e. The molecular weight excluding hydrogens is 817 g/mol. The Kier molecular flexibility index (Phi) is 50.0. The van der Waals surface area contributed by atoms with Crippen molar-refractivity contribution in [3.05, 3.63) is 122 Å². The van der Waals surface area contributed by atoms with E-state index in [-0.39, 0.29) is 50.4 Å². The first-order valence-electron chi connectivity index (χ1n) is 26.5. The minimum Gasteiger partial charge on any atom is -0.462 e. The van der Waals surface area contributed by atoms with Crippen LogP contribution < -0.4 is 0 Å². The maximum absolute atomic E-state index is 12.8. The Balaban J connectivity index is 4.54. The molecule has 6 heteroatoms. The topological polar surface area (TPSA) is 78.9 Å². The second-order valence-electron chi connectivity index (χ2n) is 17.0. The minimum atomic E-state index is -0.836. The van der Waals surface area contributed by atoms with Crippen molar-refractivity contribution in [2.45, 2.75) is 226 Å². The number of allylic oxidation sites excluding steroid dienone is 20. The first-order chi connectivity index (χ1) is 32.5. The summed E-state index contributed by atoms with van der Waals surface area (Å²) in [5.74, 6) is -1.08. The second kappa shape index (κ2) is 53.4. The summed E-state index contributed by atoms with van der Waals surface area (Å²) >= 11 is 0. The van der Waals surface area contributed by atoms with Crippen molar-refractivity contribution in [3.8, 4) is 0 Å². The van der Waals surface area contributed by atoms with Gasteiger partial charge in [-0.1, -0.05) is 213 Å². The Hall–Kier alpha value is -4.19. The molecule has 0 aliphatic carbocycles. The van der Waals surface area contributed by atoms with Gasteiger partial charge in [0.2, 0.25) is 0 Å². The number of hydrogen-bond donors (Lipinski definition) is 0. The van der Waals surface area contributed by atoms with Gasteiger partial charge in [-0.15, -0.1) is 0 Å². The molecule has 0 radical (unpaired) electrons. The highest BCUT2D eigenvalue weighted by atomic mass is 16.6. The van der Waals surface area contributed by atoms with Gasteiger partial charge < -0.3 is 14.2 Å². The average molecular weight is 913 g/mol. The van der Waals surface area contributed by atoms with Crippen LogP contribution in [0.4, 0.5) is 0 Å². The molecule has 66 heavy (non-hydrogen) atoms. The number of esters is 3. The van der Waals surface area contributed by atoms with E-state index in [1.54, 1.807) is 0 Å². The SMILES string of the molecule is CC/C=C\C/C=C\C/C=C\C/C=C\C/C=C\C/C=C\CCC(=O)OCC(COC(=O)CCC/C=C\C/C=C\C/C=C\CC)OC(=O)CCCCCCC/C=C\CCCCCCCCCCC. The van der Waals surface area contributed by atoms with Crippen LogP contribution >= 0.6 is 0 Å². The van der Waals surface area contributed by atoms with Crippen LogP contribution in [0.1, 0.15) is 220 Å². The summed E-state index contributed by atoms with van der Waals surface area (Å²) in [5.41, 5.74) is 0. The molecule has 1 atom stereocenters. The summed E-state index contributed by atoms with van der Waals surface area (Å²) < 4.78 is 16.7. The summed E-state index contributed by atoms with van der Waals surface area (Å²) in [6.07, 6.45) is 73.5. The molecular formula is C60H96O6. The van der Waals surface area contributed by atoms with Crippen molar-refractivity contribution in [2.75, 3.05) is 13.2 Å². The van der Waals surface area contributed by atoms with Gasteiger partial charge in [0, 0.05) is 19.3 Å². The summed E-state index contributed by atoms with van der Waals surface area (Å²) in [4.78, 5) is 37.9.